The number of nitrogens with zero attached hydrogens (tertiary/aromatic N) is 1. The van der Waals surface area contributed by atoms with Gasteiger partial charge in [0.15, 0.2) is 0 Å². The van der Waals surface area contributed by atoms with Crippen molar-refractivity contribution in [2.75, 3.05) is 18.9 Å². The molecule has 3 rings (SSSR count). The summed E-state index contributed by atoms with van der Waals surface area (Å²) in [6.45, 7) is 3.50. The number of anilines is 1. The van der Waals surface area contributed by atoms with Crippen LogP contribution in [0.5, 0.6) is 0 Å². The van der Waals surface area contributed by atoms with Gasteiger partial charge in [-0.05, 0) is 63.1 Å². The van der Waals surface area contributed by atoms with E-state index in [0.29, 0.717) is 6.04 Å². The van der Waals surface area contributed by atoms with Crippen LogP contribution < -0.4 is 5.32 Å². The molecular weight excluding hydrogens is 244 g/mol. The summed E-state index contributed by atoms with van der Waals surface area (Å²) in [5, 5.41) is 3.66. The minimum Gasteiger partial charge on any atom is -0.383 e. The highest BCUT2D eigenvalue weighted by Crippen LogP contribution is 2.29. The standard InChI is InChI=1S/C18H28N2/c1-14-7-10-16(11-8-14)20(2)17-12-9-15-5-3-4-6-18(15)19-13-17/h3-6,14,16-17,19H,7-13H2,1-2H3. The second kappa shape index (κ2) is 6.17. The predicted octanol–water partition coefficient (Wildman–Crippen LogP) is 3.92. The summed E-state index contributed by atoms with van der Waals surface area (Å²) in [4.78, 5) is 2.67. The predicted molar refractivity (Wildman–Crippen MR) is 86.2 cm³/mol. The van der Waals surface area contributed by atoms with E-state index in [4.69, 9.17) is 0 Å². The molecule has 1 fully saturated rings. The summed E-state index contributed by atoms with van der Waals surface area (Å²) in [6.07, 6.45) is 8.10. The Balaban J connectivity index is 1.61. The van der Waals surface area contributed by atoms with E-state index in [9.17, 15) is 0 Å². The van der Waals surface area contributed by atoms with Gasteiger partial charge in [-0.2, -0.15) is 0 Å². The minimum absolute atomic E-state index is 0.681. The van der Waals surface area contributed by atoms with E-state index >= 15 is 0 Å². The Morgan fingerprint density at radius 1 is 1.00 bits per heavy atom. The fourth-order valence-electron chi connectivity index (χ4n) is 3.86. The molecule has 0 bridgehead atoms. The summed E-state index contributed by atoms with van der Waals surface area (Å²) < 4.78 is 0. The lowest BCUT2D eigenvalue weighted by atomic mass is 9.86. The van der Waals surface area contributed by atoms with Gasteiger partial charge < -0.3 is 5.32 Å². The molecule has 2 nitrogen and oxygen atoms in total. The van der Waals surface area contributed by atoms with E-state index in [1.54, 1.807) is 0 Å². The van der Waals surface area contributed by atoms with Crippen LogP contribution in [0, 0.1) is 5.92 Å². The van der Waals surface area contributed by atoms with Gasteiger partial charge in [0.1, 0.15) is 0 Å². The summed E-state index contributed by atoms with van der Waals surface area (Å²) in [5.74, 6) is 0.941. The van der Waals surface area contributed by atoms with Crippen LogP contribution in [0.2, 0.25) is 0 Å². The van der Waals surface area contributed by atoms with Crippen LogP contribution in [-0.4, -0.2) is 30.6 Å². The fraction of sp³-hybridized carbons (Fsp3) is 0.667. The van der Waals surface area contributed by atoms with Crippen molar-refractivity contribution in [3.05, 3.63) is 29.8 Å². The molecule has 0 radical (unpaired) electrons. The highest BCUT2D eigenvalue weighted by molar-refractivity contribution is 5.52. The third-order valence-corrected chi connectivity index (χ3v) is 5.43. The van der Waals surface area contributed by atoms with Gasteiger partial charge >= 0.3 is 0 Å². The molecule has 1 aromatic carbocycles. The fourth-order valence-corrected chi connectivity index (χ4v) is 3.86. The van der Waals surface area contributed by atoms with Gasteiger partial charge in [-0.15, -0.1) is 0 Å². The van der Waals surface area contributed by atoms with E-state index in [2.05, 4.69) is 48.5 Å². The van der Waals surface area contributed by atoms with E-state index in [0.717, 1.165) is 18.5 Å². The summed E-state index contributed by atoms with van der Waals surface area (Å²) in [7, 11) is 2.35. The zero-order valence-electron chi connectivity index (χ0n) is 12.9. The van der Waals surface area contributed by atoms with Crippen LogP contribution in [0.4, 0.5) is 5.69 Å². The Morgan fingerprint density at radius 2 is 1.75 bits per heavy atom. The quantitative estimate of drug-likeness (QED) is 0.877. The highest BCUT2D eigenvalue weighted by atomic mass is 15.2. The lowest BCUT2D eigenvalue weighted by Gasteiger charge is -2.38. The number of hydrogen-bond acceptors (Lipinski definition) is 2. The van der Waals surface area contributed by atoms with Crippen LogP contribution in [0.25, 0.3) is 0 Å². The molecule has 1 saturated carbocycles. The Kier molecular flexibility index (Phi) is 4.30. The molecule has 1 aliphatic heterocycles. The molecule has 20 heavy (non-hydrogen) atoms. The first kappa shape index (κ1) is 13.9. The SMILES string of the molecule is CC1CCC(N(C)C2CCc3ccccc3NC2)CC1. The summed E-state index contributed by atoms with van der Waals surface area (Å²) in [5.41, 5.74) is 2.83. The third-order valence-electron chi connectivity index (χ3n) is 5.43. The molecular formula is C18H28N2. The molecule has 0 spiro atoms. The molecule has 2 aliphatic rings. The molecule has 1 aliphatic carbocycles. The molecule has 110 valence electrons. The van der Waals surface area contributed by atoms with E-state index in [1.165, 1.54) is 49.8 Å². The zero-order chi connectivity index (χ0) is 13.9. The topological polar surface area (TPSA) is 15.3 Å². The van der Waals surface area contributed by atoms with E-state index < -0.39 is 0 Å². The number of para-hydroxylation sites is 1. The molecule has 1 heterocycles. The van der Waals surface area contributed by atoms with Gasteiger partial charge in [-0.3, -0.25) is 4.90 Å². The first-order valence-corrected chi connectivity index (χ1v) is 8.27. The van der Waals surface area contributed by atoms with Crippen molar-refractivity contribution in [2.24, 2.45) is 5.92 Å². The van der Waals surface area contributed by atoms with Gasteiger partial charge in [-0.25, -0.2) is 0 Å². The number of fused-ring (bicyclic) bond motifs is 1. The van der Waals surface area contributed by atoms with Gasteiger partial charge in [0.2, 0.25) is 0 Å². The normalized spacial score (nSPS) is 30.4. The Morgan fingerprint density at radius 3 is 2.55 bits per heavy atom. The minimum atomic E-state index is 0.681. The van der Waals surface area contributed by atoms with Gasteiger partial charge in [0.05, 0.1) is 0 Å². The Labute approximate surface area is 123 Å². The first-order valence-electron chi connectivity index (χ1n) is 8.27. The largest absolute Gasteiger partial charge is 0.383 e. The molecule has 0 aromatic heterocycles. The van der Waals surface area contributed by atoms with Crippen molar-refractivity contribution >= 4 is 5.69 Å². The highest BCUT2D eigenvalue weighted by Gasteiger charge is 2.27. The number of nitrogens with one attached hydrogen (secondary N) is 1. The van der Waals surface area contributed by atoms with Crippen molar-refractivity contribution in [1.82, 2.24) is 4.90 Å². The molecule has 0 saturated heterocycles. The van der Waals surface area contributed by atoms with Gasteiger partial charge in [-0.1, -0.05) is 25.1 Å². The average Bonchev–Trinajstić information content (AvgIpc) is 2.70. The maximum atomic E-state index is 3.66. The summed E-state index contributed by atoms with van der Waals surface area (Å²) >= 11 is 0. The second-order valence-corrected chi connectivity index (χ2v) is 6.81. The number of likely N-dealkylation sites (N-methyl/N-ethyl adjacent to an activating group) is 1. The van der Waals surface area contributed by atoms with E-state index in [1.807, 2.05) is 0 Å². The third kappa shape index (κ3) is 3.01. The van der Waals surface area contributed by atoms with Crippen molar-refractivity contribution in [1.29, 1.82) is 0 Å². The van der Waals surface area contributed by atoms with Crippen LogP contribution in [0.1, 0.15) is 44.6 Å². The number of benzene rings is 1. The zero-order valence-corrected chi connectivity index (χ0v) is 12.9. The number of rotatable bonds is 2. The average molecular weight is 272 g/mol. The molecule has 1 unspecified atom stereocenters. The van der Waals surface area contributed by atoms with Crippen molar-refractivity contribution in [3.8, 4) is 0 Å². The van der Waals surface area contributed by atoms with Gasteiger partial charge in [0.25, 0.3) is 0 Å². The molecule has 1 aromatic rings. The van der Waals surface area contributed by atoms with Crippen LogP contribution in [0.3, 0.4) is 0 Å². The molecule has 0 amide bonds. The monoisotopic (exact) mass is 272 g/mol. The van der Waals surface area contributed by atoms with Crippen molar-refractivity contribution in [3.63, 3.8) is 0 Å². The molecule has 1 N–H and O–H groups in total. The lowest BCUT2D eigenvalue weighted by molar-refractivity contribution is 0.124. The molecule has 1 atom stereocenters. The van der Waals surface area contributed by atoms with Crippen molar-refractivity contribution in [2.45, 2.75) is 57.5 Å². The number of hydrogen-bond donors (Lipinski definition) is 1. The lowest BCUT2D eigenvalue weighted by Crippen LogP contribution is -2.45. The van der Waals surface area contributed by atoms with Crippen LogP contribution in [0.15, 0.2) is 24.3 Å². The Bertz CT molecular complexity index is 408. The smallest absolute Gasteiger partial charge is 0.0373 e. The van der Waals surface area contributed by atoms with Crippen molar-refractivity contribution < 1.29 is 0 Å². The second-order valence-electron chi connectivity index (χ2n) is 6.81. The maximum Gasteiger partial charge on any atom is 0.0373 e. The van der Waals surface area contributed by atoms with Crippen LogP contribution >= 0.6 is 0 Å². The first-order chi connectivity index (χ1) is 9.74. The van der Waals surface area contributed by atoms with Gasteiger partial charge in [0, 0.05) is 24.3 Å². The maximum absolute atomic E-state index is 3.66. The summed E-state index contributed by atoms with van der Waals surface area (Å²) in [6, 6.07) is 10.3. The molecule has 2 heteroatoms. The van der Waals surface area contributed by atoms with E-state index in [-0.39, 0.29) is 0 Å². The van der Waals surface area contributed by atoms with Crippen LogP contribution in [-0.2, 0) is 6.42 Å². The Hall–Kier alpha value is -1.02. The number of aryl methyl sites for hydroxylation is 1.